The van der Waals surface area contributed by atoms with E-state index in [1.807, 2.05) is 0 Å². The van der Waals surface area contributed by atoms with Gasteiger partial charge in [-0.1, -0.05) is 5.21 Å². The summed E-state index contributed by atoms with van der Waals surface area (Å²) in [5.41, 5.74) is -0.743. The van der Waals surface area contributed by atoms with Crippen LogP contribution in [0.1, 0.15) is 12.6 Å². The van der Waals surface area contributed by atoms with Crippen LogP contribution in [0.15, 0.2) is 6.20 Å². The largest absolute Gasteiger partial charge is 0.378 e. The lowest BCUT2D eigenvalue weighted by atomic mass is 10.0. The van der Waals surface area contributed by atoms with E-state index in [2.05, 4.69) is 10.3 Å². The van der Waals surface area contributed by atoms with Crippen LogP contribution in [0, 0.1) is 0 Å². The molecule has 80 valence electrons. The van der Waals surface area contributed by atoms with Crippen LogP contribution in [0.5, 0.6) is 0 Å². The number of aromatic nitrogens is 3. The smallest absolute Gasteiger partial charge is 0.191 e. The van der Waals surface area contributed by atoms with Gasteiger partial charge in [-0.05, 0) is 6.92 Å². The van der Waals surface area contributed by atoms with Crippen molar-refractivity contribution in [3.63, 3.8) is 0 Å². The van der Waals surface area contributed by atoms with Crippen LogP contribution in [0.4, 0.5) is 0 Å². The van der Waals surface area contributed by atoms with Crippen molar-refractivity contribution in [1.29, 1.82) is 0 Å². The van der Waals surface area contributed by atoms with Crippen LogP contribution < -0.4 is 0 Å². The van der Waals surface area contributed by atoms with Crippen LogP contribution >= 0.6 is 0 Å². The van der Waals surface area contributed by atoms with Gasteiger partial charge in [0.05, 0.1) is 11.9 Å². The molecule has 0 amide bonds. The van der Waals surface area contributed by atoms with Crippen molar-refractivity contribution in [2.24, 2.45) is 7.05 Å². The first-order chi connectivity index (χ1) is 6.54. The van der Waals surface area contributed by atoms with Crippen LogP contribution in [0.25, 0.3) is 0 Å². The maximum atomic E-state index is 10.2. The maximum Gasteiger partial charge on any atom is 0.191 e. The summed E-state index contributed by atoms with van der Waals surface area (Å²) in [4.78, 5) is 0. The van der Waals surface area contributed by atoms with Gasteiger partial charge >= 0.3 is 0 Å². The van der Waals surface area contributed by atoms with Crippen LogP contribution in [-0.2, 0) is 22.1 Å². The molecule has 6 nitrogen and oxygen atoms in total. The first-order valence-electron chi connectivity index (χ1n) is 4.17. The number of hydrogen-bond acceptors (Lipinski definition) is 5. The Balaban J connectivity index is 3.00. The minimum Gasteiger partial charge on any atom is -0.378 e. The second kappa shape index (κ2) is 4.04. The number of rotatable bonds is 4. The fraction of sp³-hybridized carbons (Fsp3) is 0.750. The average molecular weight is 201 g/mol. The lowest BCUT2D eigenvalue weighted by Crippen LogP contribution is -2.40. The van der Waals surface area contributed by atoms with E-state index < -0.39 is 11.9 Å². The van der Waals surface area contributed by atoms with E-state index in [-0.39, 0.29) is 0 Å². The predicted molar refractivity (Wildman–Crippen MR) is 48.4 cm³/mol. The molecule has 0 aliphatic rings. The molecule has 1 unspecified atom stereocenters. The molecule has 0 saturated heterocycles. The SMILES string of the molecule is COC(OC)C(C)(O)c1cnnn1C. The van der Waals surface area contributed by atoms with Gasteiger partial charge in [-0.15, -0.1) is 5.10 Å². The number of hydrogen-bond donors (Lipinski definition) is 1. The van der Waals surface area contributed by atoms with Crippen molar-refractivity contribution in [2.45, 2.75) is 18.8 Å². The number of ether oxygens (including phenoxy) is 2. The molecule has 1 aromatic rings. The summed E-state index contributed by atoms with van der Waals surface area (Å²) in [5, 5.41) is 17.6. The molecular weight excluding hydrogens is 186 g/mol. The quantitative estimate of drug-likeness (QED) is 0.674. The molecule has 0 saturated carbocycles. The molecule has 1 aromatic heterocycles. The van der Waals surface area contributed by atoms with Crippen LogP contribution in [0.2, 0.25) is 0 Å². The Labute approximate surface area is 82.4 Å². The summed E-state index contributed by atoms with van der Waals surface area (Å²) in [6.07, 6.45) is 0.727. The number of aliphatic hydroxyl groups is 1. The molecule has 14 heavy (non-hydrogen) atoms. The first-order valence-corrected chi connectivity index (χ1v) is 4.17. The normalized spacial score (nSPS) is 15.9. The Hall–Kier alpha value is -0.980. The summed E-state index contributed by atoms with van der Waals surface area (Å²) in [6, 6.07) is 0. The Morgan fingerprint density at radius 3 is 2.43 bits per heavy atom. The number of aryl methyl sites for hydroxylation is 1. The highest BCUT2D eigenvalue weighted by atomic mass is 16.7. The molecule has 1 rings (SSSR count). The Morgan fingerprint density at radius 1 is 1.50 bits per heavy atom. The van der Waals surface area contributed by atoms with Gasteiger partial charge < -0.3 is 14.6 Å². The van der Waals surface area contributed by atoms with Crippen molar-refractivity contribution in [3.8, 4) is 0 Å². The molecule has 0 aromatic carbocycles. The summed E-state index contributed by atoms with van der Waals surface area (Å²) < 4.78 is 11.5. The molecule has 0 bridgehead atoms. The van der Waals surface area contributed by atoms with Gasteiger partial charge in [0.1, 0.15) is 0 Å². The zero-order valence-electron chi connectivity index (χ0n) is 8.76. The van der Waals surface area contributed by atoms with Crippen molar-refractivity contribution in [1.82, 2.24) is 15.0 Å². The molecule has 0 radical (unpaired) electrons. The number of methoxy groups -OCH3 is 2. The maximum absolute atomic E-state index is 10.2. The van der Waals surface area contributed by atoms with E-state index in [0.717, 1.165) is 0 Å². The van der Waals surface area contributed by atoms with Crippen molar-refractivity contribution in [3.05, 3.63) is 11.9 Å². The molecule has 0 fully saturated rings. The average Bonchev–Trinajstić information content (AvgIpc) is 2.53. The summed E-state index contributed by atoms with van der Waals surface area (Å²) in [5.74, 6) is 0. The van der Waals surface area contributed by atoms with E-state index in [1.54, 1.807) is 14.0 Å². The zero-order chi connectivity index (χ0) is 10.8. The minimum absolute atomic E-state index is 0.534. The Kier molecular flexibility index (Phi) is 3.20. The summed E-state index contributed by atoms with van der Waals surface area (Å²) in [7, 11) is 4.62. The molecule has 1 heterocycles. The Bertz CT molecular complexity index is 294. The van der Waals surface area contributed by atoms with Gasteiger partial charge in [0.25, 0.3) is 0 Å². The topological polar surface area (TPSA) is 69.4 Å². The van der Waals surface area contributed by atoms with Gasteiger partial charge in [0, 0.05) is 21.3 Å². The first kappa shape index (κ1) is 11.1. The standard InChI is InChI=1S/C8H15N3O3/c1-8(12,7(13-3)14-4)6-5-9-10-11(6)2/h5,7,12H,1-4H3. The second-order valence-electron chi connectivity index (χ2n) is 3.19. The van der Waals surface area contributed by atoms with E-state index in [9.17, 15) is 5.11 Å². The van der Waals surface area contributed by atoms with E-state index in [0.29, 0.717) is 5.69 Å². The van der Waals surface area contributed by atoms with Gasteiger partial charge in [-0.3, -0.25) is 0 Å². The van der Waals surface area contributed by atoms with Gasteiger partial charge in [0.2, 0.25) is 0 Å². The highest BCUT2D eigenvalue weighted by Gasteiger charge is 2.37. The second-order valence-corrected chi connectivity index (χ2v) is 3.19. The van der Waals surface area contributed by atoms with E-state index in [1.165, 1.54) is 25.1 Å². The van der Waals surface area contributed by atoms with E-state index in [4.69, 9.17) is 9.47 Å². The zero-order valence-corrected chi connectivity index (χ0v) is 8.76. The summed E-state index contributed by atoms with van der Waals surface area (Å²) >= 11 is 0. The third kappa shape index (κ3) is 1.77. The minimum atomic E-state index is -1.28. The summed E-state index contributed by atoms with van der Waals surface area (Å²) in [6.45, 7) is 1.59. The lowest BCUT2D eigenvalue weighted by molar-refractivity contribution is -0.215. The lowest BCUT2D eigenvalue weighted by Gasteiger charge is -2.29. The molecular formula is C8H15N3O3. The van der Waals surface area contributed by atoms with E-state index >= 15 is 0 Å². The highest BCUT2D eigenvalue weighted by Crippen LogP contribution is 2.25. The van der Waals surface area contributed by atoms with Crippen molar-refractivity contribution >= 4 is 0 Å². The molecule has 0 aliphatic carbocycles. The third-order valence-corrected chi connectivity index (χ3v) is 2.12. The molecule has 1 atom stereocenters. The van der Waals surface area contributed by atoms with Crippen molar-refractivity contribution in [2.75, 3.05) is 14.2 Å². The monoisotopic (exact) mass is 201 g/mol. The molecule has 0 spiro atoms. The molecule has 0 aliphatic heterocycles. The third-order valence-electron chi connectivity index (χ3n) is 2.12. The van der Waals surface area contributed by atoms with Gasteiger partial charge in [-0.2, -0.15) is 0 Å². The molecule has 1 N–H and O–H groups in total. The van der Waals surface area contributed by atoms with Crippen molar-refractivity contribution < 1.29 is 14.6 Å². The predicted octanol–water partition coefficient (Wildman–Crippen LogP) is -0.359. The molecule has 6 heteroatoms. The highest BCUT2D eigenvalue weighted by molar-refractivity contribution is 5.07. The van der Waals surface area contributed by atoms with Gasteiger partial charge in [0.15, 0.2) is 11.9 Å². The van der Waals surface area contributed by atoms with Gasteiger partial charge in [-0.25, -0.2) is 4.68 Å². The van der Waals surface area contributed by atoms with Crippen LogP contribution in [0.3, 0.4) is 0 Å². The number of nitrogens with zero attached hydrogens (tertiary/aromatic N) is 3. The fourth-order valence-electron chi connectivity index (χ4n) is 1.42. The fourth-order valence-corrected chi connectivity index (χ4v) is 1.42. The van der Waals surface area contributed by atoms with Crippen LogP contribution in [-0.4, -0.2) is 40.6 Å². The Morgan fingerprint density at radius 2 is 2.07 bits per heavy atom.